The molecular weight excluding hydrogens is 386 g/mol. The fraction of sp³-hybridized carbons (Fsp3) is 0.333. The molecule has 0 spiro atoms. The molecule has 4 heteroatoms. The zero-order chi connectivity index (χ0) is 18.6. The summed E-state index contributed by atoms with van der Waals surface area (Å²) in [4.78, 5) is 3.61. The van der Waals surface area contributed by atoms with E-state index in [1.807, 2.05) is 0 Å². The molecular formula is C24H28ClNOS. The van der Waals surface area contributed by atoms with Crippen LogP contribution < -0.4 is 4.74 Å². The molecule has 1 unspecified atom stereocenters. The van der Waals surface area contributed by atoms with Gasteiger partial charge in [0.05, 0.1) is 0 Å². The summed E-state index contributed by atoms with van der Waals surface area (Å²) >= 11 is 1.77. The van der Waals surface area contributed by atoms with E-state index in [2.05, 4.69) is 79.0 Å². The highest BCUT2D eigenvalue weighted by Gasteiger charge is 2.19. The van der Waals surface area contributed by atoms with E-state index in [0.717, 1.165) is 11.7 Å². The zero-order valence-electron chi connectivity index (χ0n) is 16.6. The average Bonchev–Trinajstić information content (AvgIpc) is 3.21. The second-order valence-electron chi connectivity index (χ2n) is 7.76. The van der Waals surface area contributed by atoms with Gasteiger partial charge in [-0.3, -0.25) is 0 Å². The molecule has 28 heavy (non-hydrogen) atoms. The Morgan fingerprint density at radius 3 is 2.57 bits per heavy atom. The van der Waals surface area contributed by atoms with Gasteiger partial charge >= 0.3 is 0 Å². The maximum atomic E-state index is 6.07. The Morgan fingerprint density at radius 2 is 1.86 bits per heavy atom. The van der Waals surface area contributed by atoms with Crippen LogP contribution in [0.25, 0.3) is 10.4 Å². The molecule has 0 bridgehead atoms. The van der Waals surface area contributed by atoms with Gasteiger partial charge in [0.1, 0.15) is 12.4 Å². The third-order valence-corrected chi connectivity index (χ3v) is 6.22. The van der Waals surface area contributed by atoms with E-state index in [4.69, 9.17) is 4.74 Å². The first-order valence-electron chi connectivity index (χ1n) is 9.69. The first kappa shape index (κ1) is 20.9. The maximum Gasteiger partial charge on any atom is 0.120 e. The number of halogens is 1. The van der Waals surface area contributed by atoms with Crippen molar-refractivity contribution in [1.29, 1.82) is 0 Å². The van der Waals surface area contributed by atoms with Crippen molar-refractivity contribution in [2.75, 3.05) is 20.6 Å². The van der Waals surface area contributed by atoms with Gasteiger partial charge < -0.3 is 9.64 Å². The second kappa shape index (κ2) is 9.60. The number of fused-ring (bicyclic) bond motifs is 1. The lowest BCUT2D eigenvalue weighted by Crippen LogP contribution is -2.26. The number of aryl methyl sites for hydroxylation is 1. The smallest absolute Gasteiger partial charge is 0.120 e. The van der Waals surface area contributed by atoms with Gasteiger partial charge in [-0.25, -0.2) is 0 Å². The van der Waals surface area contributed by atoms with E-state index in [1.165, 1.54) is 52.9 Å². The van der Waals surface area contributed by atoms with Gasteiger partial charge in [-0.05, 0) is 85.1 Å². The molecule has 1 aliphatic carbocycles. The van der Waals surface area contributed by atoms with Crippen molar-refractivity contribution in [3.63, 3.8) is 0 Å². The van der Waals surface area contributed by atoms with E-state index in [1.54, 1.807) is 11.3 Å². The number of nitrogens with zero attached hydrogens (tertiary/aromatic N) is 1. The highest BCUT2D eigenvalue weighted by molar-refractivity contribution is 7.13. The van der Waals surface area contributed by atoms with Crippen molar-refractivity contribution in [2.45, 2.75) is 25.9 Å². The molecule has 2 nitrogen and oxygen atoms in total. The van der Waals surface area contributed by atoms with Crippen LogP contribution in [0.15, 0.2) is 60.0 Å². The molecule has 2 aromatic carbocycles. The Bertz CT molecular complexity index is 874. The van der Waals surface area contributed by atoms with Gasteiger partial charge in [0.15, 0.2) is 0 Å². The molecule has 0 amide bonds. The summed E-state index contributed by atoms with van der Waals surface area (Å²) in [6.07, 6.45) is 3.64. The molecule has 0 radical (unpaired) electrons. The molecule has 1 atom stereocenters. The van der Waals surface area contributed by atoms with Crippen LogP contribution in [0, 0.1) is 5.92 Å². The van der Waals surface area contributed by atoms with Gasteiger partial charge in [0.2, 0.25) is 0 Å². The third-order valence-electron chi connectivity index (χ3n) is 5.30. The van der Waals surface area contributed by atoms with Crippen LogP contribution in [-0.4, -0.2) is 25.5 Å². The van der Waals surface area contributed by atoms with Gasteiger partial charge in [-0.2, -0.15) is 0 Å². The minimum Gasteiger partial charge on any atom is -0.489 e. The van der Waals surface area contributed by atoms with Crippen LogP contribution in [0.5, 0.6) is 5.75 Å². The summed E-state index contributed by atoms with van der Waals surface area (Å²) in [7, 11) is 4.33. The number of thiophene rings is 1. The summed E-state index contributed by atoms with van der Waals surface area (Å²) in [5.74, 6) is 1.77. The van der Waals surface area contributed by atoms with E-state index in [0.29, 0.717) is 6.61 Å². The lowest BCUT2D eigenvalue weighted by atomic mass is 9.83. The largest absolute Gasteiger partial charge is 0.489 e. The molecule has 0 saturated heterocycles. The summed E-state index contributed by atoms with van der Waals surface area (Å²) in [5, 5.41) is 2.12. The first-order valence-corrected chi connectivity index (χ1v) is 10.6. The molecule has 0 saturated carbocycles. The fourth-order valence-electron chi connectivity index (χ4n) is 3.94. The minimum absolute atomic E-state index is 0. The van der Waals surface area contributed by atoms with Crippen LogP contribution in [0.2, 0.25) is 0 Å². The Morgan fingerprint density at radius 1 is 1.04 bits per heavy atom. The van der Waals surface area contributed by atoms with E-state index in [9.17, 15) is 0 Å². The van der Waals surface area contributed by atoms with Crippen LogP contribution in [-0.2, 0) is 19.4 Å². The molecule has 148 valence electrons. The monoisotopic (exact) mass is 413 g/mol. The molecule has 1 aliphatic rings. The quantitative estimate of drug-likeness (QED) is 0.485. The number of rotatable bonds is 6. The van der Waals surface area contributed by atoms with Crippen molar-refractivity contribution in [1.82, 2.24) is 4.90 Å². The van der Waals surface area contributed by atoms with E-state index >= 15 is 0 Å². The summed E-state index contributed by atoms with van der Waals surface area (Å²) in [6.45, 7) is 1.80. The lowest BCUT2D eigenvalue weighted by molar-refractivity contribution is 0.297. The van der Waals surface area contributed by atoms with Crippen molar-refractivity contribution < 1.29 is 4.74 Å². The second-order valence-corrected chi connectivity index (χ2v) is 8.71. The van der Waals surface area contributed by atoms with Crippen molar-refractivity contribution in [3.05, 3.63) is 76.7 Å². The van der Waals surface area contributed by atoms with Crippen LogP contribution in [0.3, 0.4) is 0 Å². The molecule has 0 fully saturated rings. The highest BCUT2D eigenvalue weighted by Crippen LogP contribution is 2.29. The molecule has 1 heterocycles. The van der Waals surface area contributed by atoms with Gasteiger partial charge in [-0.15, -0.1) is 23.7 Å². The molecule has 0 N–H and O–H groups in total. The average molecular weight is 414 g/mol. The van der Waals surface area contributed by atoms with E-state index < -0.39 is 0 Å². The van der Waals surface area contributed by atoms with Crippen LogP contribution >= 0.6 is 23.7 Å². The van der Waals surface area contributed by atoms with Gasteiger partial charge in [0.25, 0.3) is 0 Å². The summed E-state index contributed by atoms with van der Waals surface area (Å²) in [5.41, 5.74) is 5.45. The minimum atomic E-state index is 0. The summed E-state index contributed by atoms with van der Waals surface area (Å²) < 4.78 is 6.07. The van der Waals surface area contributed by atoms with Crippen molar-refractivity contribution in [3.8, 4) is 16.2 Å². The van der Waals surface area contributed by atoms with Crippen LogP contribution in [0.1, 0.15) is 23.1 Å². The van der Waals surface area contributed by atoms with Gasteiger partial charge in [0, 0.05) is 11.4 Å². The zero-order valence-corrected chi connectivity index (χ0v) is 18.2. The van der Waals surface area contributed by atoms with Crippen molar-refractivity contribution >= 4 is 23.7 Å². The van der Waals surface area contributed by atoms with Crippen LogP contribution in [0.4, 0.5) is 0 Å². The molecule has 3 aromatic rings. The highest BCUT2D eigenvalue weighted by atomic mass is 35.5. The predicted octanol–water partition coefficient (Wildman–Crippen LogP) is 6.08. The third kappa shape index (κ3) is 5.16. The normalized spacial score (nSPS) is 15.8. The molecule has 0 aliphatic heterocycles. The lowest BCUT2D eigenvalue weighted by Gasteiger charge is -2.27. The first-order chi connectivity index (χ1) is 13.2. The number of hydrogen-bond donors (Lipinski definition) is 0. The molecule has 4 rings (SSSR count). The summed E-state index contributed by atoms with van der Waals surface area (Å²) in [6, 6.07) is 19.6. The fourth-order valence-corrected chi connectivity index (χ4v) is 4.68. The Kier molecular flexibility index (Phi) is 7.17. The SMILES string of the molecule is CN(C)CC1CCc2cc(OCc3ccc(-c4cccs4)cc3)ccc2C1.Cl. The number of ether oxygens (including phenoxy) is 1. The van der Waals surface area contributed by atoms with Gasteiger partial charge in [-0.1, -0.05) is 36.4 Å². The topological polar surface area (TPSA) is 12.5 Å². The van der Waals surface area contributed by atoms with Crippen molar-refractivity contribution in [2.24, 2.45) is 5.92 Å². The molecule has 1 aromatic heterocycles. The number of hydrogen-bond acceptors (Lipinski definition) is 3. The number of benzene rings is 2. The standard InChI is InChI=1S/C24H27NOS.ClH/c1-25(2)16-19-7-10-22-15-23(12-11-21(22)14-19)26-17-18-5-8-20(9-6-18)24-4-3-13-27-24;/h3-6,8-9,11-13,15,19H,7,10,14,16-17H2,1-2H3;1H. The Balaban J connectivity index is 0.00000225. The van der Waals surface area contributed by atoms with E-state index in [-0.39, 0.29) is 12.4 Å². The predicted molar refractivity (Wildman–Crippen MR) is 122 cm³/mol. The Labute approximate surface area is 178 Å². The maximum absolute atomic E-state index is 6.07. The Hall–Kier alpha value is -1.81.